The third-order valence-electron chi connectivity index (χ3n) is 1.66. The third kappa shape index (κ3) is 5.21. The number of aromatic nitrogens is 1. The Hall–Kier alpha value is -1.75. The van der Waals surface area contributed by atoms with Crippen molar-refractivity contribution in [1.82, 2.24) is 4.98 Å². The molecule has 0 bridgehead atoms. The highest BCUT2D eigenvalue weighted by molar-refractivity contribution is 5.78. The van der Waals surface area contributed by atoms with Crippen molar-refractivity contribution in [2.75, 3.05) is 27.7 Å². The van der Waals surface area contributed by atoms with Crippen molar-refractivity contribution in [1.29, 1.82) is 0 Å². The van der Waals surface area contributed by atoms with Gasteiger partial charge >= 0.3 is 0 Å². The summed E-state index contributed by atoms with van der Waals surface area (Å²) >= 11 is 0. The van der Waals surface area contributed by atoms with E-state index in [1.165, 1.54) is 6.21 Å². The van der Waals surface area contributed by atoms with Crippen LogP contribution in [0.15, 0.2) is 34.6 Å². The molecule has 0 aliphatic rings. The fraction of sp³-hybridized carbons (Fsp3) is 0.364. The molecule has 1 rings (SSSR count). The van der Waals surface area contributed by atoms with Crippen LogP contribution in [0.25, 0.3) is 0 Å². The second-order valence-electron chi connectivity index (χ2n) is 4.44. The lowest BCUT2D eigenvalue weighted by Crippen LogP contribution is -2.43. The van der Waals surface area contributed by atoms with Gasteiger partial charge in [0.1, 0.15) is 6.54 Å². The monoisotopic (exact) mass is 220 g/mol. The maximum absolute atomic E-state index is 11.3. The zero-order valence-corrected chi connectivity index (χ0v) is 9.79. The van der Waals surface area contributed by atoms with E-state index in [1.54, 1.807) is 12.3 Å². The van der Waals surface area contributed by atoms with Gasteiger partial charge in [0.05, 0.1) is 33.1 Å². The largest absolute Gasteiger partial charge is 0.857 e. The second-order valence-corrected chi connectivity index (χ2v) is 4.44. The quantitative estimate of drug-likeness (QED) is 0.307. The molecule has 1 aromatic rings. The molecule has 0 aliphatic heterocycles. The van der Waals surface area contributed by atoms with Crippen molar-refractivity contribution < 1.29 is 9.59 Å². The first-order chi connectivity index (χ1) is 7.47. The van der Waals surface area contributed by atoms with Crippen LogP contribution in [0.2, 0.25) is 0 Å². The first-order valence-corrected chi connectivity index (χ1v) is 4.96. The summed E-state index contributed by atoms with van der Waals surface area (Å²) in [5.74, 6) is -0.236. The van der Waals surface area contributed by atoms with E-state index in [0.29, 0.717) is 16.7 Å². The lowest BCUT2D eigenvalue weighted by molar-refractivity contribution is -0.863. The number of likely N-dealkylation sites (N-methyl/N-ethyl adjacent to an activating group) is 1. The predicted octanol–water partition coefficient (Wildman–Crippen LogP) is -0.119. The van der Waals surface area contributed by atoms with Crippen molar-refractivity contribution in [2.24, 2.45) is 10.2 Å². The Labute approximate surface area is 95.4 Å². The summed E-state index contributed by atoms with van der Waals surface area (Å²) in [6, 6.07) is 5.46. The van der Waals surface area contributed by atoms with Crippen molar-refractivity contribution in [3.8, 4) is 0 Å². The van der Waals surface area contributed by atoms with Crippen molar-refractivity contribution >= 4 is 12.1 Å². The Balaban J connectivity index is 2.56. The van der Waals surface area contributed by atoms with Crippen molar-refractivity contribution in [3.63, 3.8) is 0 Å². The van der Waals surface area contributed by atoms with Crippen molar-refractivity contribution in [2.45, 2.75) is 0 Å². The van der Waals surface area contributed by atoms with E-state index in [4.69, 9.17) is 0 Å². The van der Waals surface area contributed by atoms with E-state index in [2.05, 4.69) is 15.2 Å². The van der Waals surface area contributed by atoms with E-state index < -0.39 is 0 Å². The van der Waals surface area contributed by atoms with Crippen LogP contribution in [0, 0.1) is 0 Å². The van der Waals surface area contributed by atoms with Gasteiger partial charge in [0.2, 0.25) is 0 Å². The molecule has 0 atom stereocenters. The number of quaternary nitrogens is 1. The van der Waals surface area contributed by atoms with Crippen LogP contribution in [0.4, 0.5) is 0 Å². The molecule has 5 nitrogen and oxygen atoms in total. The lowest BCUT2D eigenvalue weighted by atomic mass is 10.4. The first kappa shape index (κ1) is 12.3. The number of hydrogen-bond donors (Lipinski definition) is 0. The highest BCUT2D eigenvalue weighted by Gasteiger charge is 2.04. The summed E-state index contributed by atoms with van der Waals surface area (Å²) in [5.41, 5.74) is 0.685. The average molecular weight is 220 g/mol. The van der Waals surface area contributed by atoms with Crippen LogP contribution in [-0.2, 0) is 0 Å². The molecular weight excluding hydrogens is 204 g/mol. The zero-order valence-electron chi connectivity index (χ0n) is 9.79. The van der Waals surface area contributed by atoms with Gasteiger partial charge in [-0.2, -0.15) is 10.2 Å². The molecule has 0 fully saturated rings. The molecule has 0 radical (unpaired) electrons. The zero-order chi connectivity index (χ0) is 12.0. The molecule has 0 N–H and O–H groups in total. The molecule has 0 unspecified atom stereocenters. The van der Waals surface area contributed by atoms with E-state index in [0.717, 1.165) is 0 Å². The Morgan fingerprint density at radius 2 is 2.19 bits per heavy atom. The first-order valence-electron chi connectivity index (χ1n) is 4.96. The standard InChI is InChI=1S/C11H16N4O/c1-15(2,3)9-11(16)14-13-8-10-6-4-5-7-12-10/h4-8H,9H2,1-3H3. The van der Waals surface area contributed by atoms with Crippen LogP contribution >= 0.6 is 0 Å². The Morgan fingerprint density at radius 3 is 2.75 bits per heavy atom. The molecule has 16 heavy (non-hydrogen) atoms. The molecule has 5 heteroatoms. The summed E-state index contributed by atoms with van der Waals surface area (Å²) in [4.78, 5) is 4.03. The highest BCUT2D eigenvalue weighted by Crippen LogP contribution is 1.91. The summed E-state index contributed by atoms with van der Waals surface area (Å²) < 4.78 is 0.543. The number of rotatable bonds is 4. The topological polar surface area (TPSA) is 60.7 Å². The van der Waals surface area contributed by atoms with Crippen LogP contribution < -0.4 is 5.11 Å². The number of pyridine rings is 1. The van der Waals surface area contributed by atoms with E-state index >= 15 is 0 Å². The maximum atomic E-state index is 11.3. The fourth-order valence-electron chi connectivity index (χ4n) is 1.04. The fourth-order valence-corrected chi connectivity index (χ4v) is 1.04. The summed E-state index contributed by atoms with van der Waals surface area (Å²) in [6.45, 7) is 0.333. The summed E-state index contributed by atoms with van der Waals surface area (Å²) in [6.07, 6.45) is 3.13. The van der Waals surface area contributed by atoms with E-state index in [-0.39, 0.29) is 5.90 Å². The van der Waals surface area contributed by atoms with Crippen LogP contribution in [0.5, 0.6) is 0 Å². The molecule has 1 aromatic heterocycles. The molecular formula is C11H16N4O. The van der Waals surface area contributed by atoms with E-state index in [9.17, 15) is 5.11 Å². The SMILES string of the molecule is C[N+](C)(C)C/C([O-])=N/N=C/c1ccccn1. The average Bonchev–Trinajstić information content (AvgIpc) is 2.16. The van der Waals surface area contributed by atoms with Gasteiger partial charge in [-0.1, -0.05) is 6.07 Å². The highest BCUT2D eigenvalue weighted by atomic mass is 16.3. The minimum Gasteiger partial charge on any atom is -0.857 e. The molecule has 0 spiro atoms. The molecule has 0 saturated heterocycles. The van der Waals surface area contributed by atoms with Gasteiger partial charge < -0.3 is 9.59 Å². The van der Waals surface area contributed by atoms with Crippen LogP contribution in [0.1, 0.15) is 5.69 Å². The van der Waals surface area contributed by atoms with E-state index in [1.807, 2.05) is 33.3 Å². The van der Waals surface area contributed by atoms with Gasteiger partial charge in [-0.15, -0.1) is 0 Å². The summed E-state index contributed by atoms with van der Waals surface area (Å²) in [7, 11) is 5.78. The molecule has 0 aromatic carbocycles. The predicted molar refractivity (Wildman–Crippen MR) is 62.2 cm³/mol. The Morgan fingerprint density at radius 1 is 1.44 bits per heavy atom. The molecule has 0 saturated carbocycles. The number of hydrogen-bond acceptors (Lipinski definition) is 4. The van der Waals surface area contributed by atoms with Crippen LogP contribution in [-0.4, -0.2) is 49.3 Å². The molecule has 1 heterocycles. The smallest absolute Gasteiger partial charge is 0.109 e. The van der Waals surface area contributed by atoms with Crippen molar-refractivity contribution in [3.05, 3.63) is 30.1 Å². The Kier molecular flexibility index (Phi) is 4.13. The minimum absolute atomic E-state index is 0.236. The maximum Gasteiger partial charge on any atom is 0.109 e. The second kappa shape index (κ2) is 5.37. The summed E-state index contributed by atoms with van der Waals surface area (Å²) in [5, 5.41) is 18.6. The van der Waals surface area contributed by atoms with Gasteiger partial charge in [0.15, 0.2) is 0 Å². The molecule has 0 aliphatic carbocycles. The lowest BCUT2D eigenvalue weighted by Gasteiger charge is -2.25. The van der Waals surface area contributed by atoms with Gasteiger partial charge in [0, 0.05) is 12.1 Å². The third-order valence-corrected chi connectivity index (χ3v) is 1.66. The Bertz CT molecular complexity index is 379. The number of nitrogens with zero attached hydrogens (tertiary/aromatic N) is 4. The van der Waals surface area contributed by atoms with Gasteiger partial charge in [0.25, 0.3) is 0 Å². The molecule has 0 amide bonds. The van der Waals surface area contributed by atoms with Gasteiger partial charge in [-0.25, -0.2) is 0 Å². The van der Waals surface area contributed by atoms with Gasteiger partial charge in [-0.05, 0) is 12.1 Å². The molecule has 86 valence electrons. The van der Waals surface area contributed by atoms with Crippen LogP contribution in [0.3, 0.4) is 0 Å². The minimum atomic E-state index is -0.236. The normalized spacial score (nSPS) is 13.3. The van der Waals surface area contributed by atoms with Gasteiger partial charge in [-0.3, -0.25) is 4.98 Å².